The van der Waals surface area contributed by atoms with Crippen molar-refractivity contribution < 1.29 is 23.8 Å². The first-order valence-corrected chi connectivity index (χ1v) is 7.98. The fraction of sp³-hybridized carbons (Fsp3) is 0.500. The van der Waals surface area contributed by atoms with E-state index in [1.54, 1.807) is 0 Å². The number of nitrogens with zero attached hydrogens (tertiary/aromatic N) is 2. The average molecular weight is 391 g/mol. The second-order valence-corrected chi connectivity index (χ2v) is 6.02. The number of rotatable bonds is 5. The Labute approximate surface area is 153 Å². The molecule has 0 radical (unpaired) electrons. The molecule has 2 rings (SSSR count). The Hall–Kier alpha value is -1.97. The van der Waals surface area contributed by atoms with Gasteiger partial charge in [0.15, 0.2) is 5.15 Å². The van der Waals surface area contributed by atoms with Gasteiger partial charge < -0.3 is 25.4 Å². The van der Waals surface area contributed by atoms with Crippen molar-refractivity contribution in [3.8, 4) is 0 Å². The van der Waals surface area contributed by atoms with Gasteiger partial charge in [0.05, 0.1) is 17.5 Å². The summed E-state index contributed by atoms with van der Waals surface area (Å²) in [5.74, 6) is -1.00. The monoisotopic (exact) mass is 390 g/mol. The molecule has 1 aliphatic rings. The van der Waals surface area contributed by atoms with E-state index in [1.807, 2.05) is 0 Å². The van der Waals surface area contributed by atoms with Crippen molar-refractivity contribution in [1.82, 2.24) is 9.97 Å². The minimum atomic E-state index is -0.964. The Morgan fingerprint density at radius 1 is 1.32 bits per heavy atom. The fourth-order valence-corrected chi connectivity index (χ4v) is 2.77. The molecule has 1 aromatic rings. The molecule has 0 unspecified atom stereocenters. The summed E-state index contributed by atoms with van der Waals surface area (Å²) < 4.78 is 15.8. The van der Waals surface area contributed by atoms with Crippen molar-refractivity contribution in [3.63, 3.8) is 0 Å². The van der Waals surface area contributed by atoms with E-state index in [2.05, 4.69) is 9.97 Å². The largest absolute Gasteiger partial charge is 0.463 e. The maximum atomic E-state index is 11.3. The zero-order valence-corrected chi connectivity index (χ0v) is 14.9. The van der Waals surface area contributed by atoms with E-state index in [0.717, 1.165) is 0 Å². The number of nitrogen functional groups attached to an aromatic ring is 1. The van der Waals surface area contributed by atoms with E-state index in [1.165, 1.54) is 13.8 Å². The summed E-state index contributed by atoms with van der Waals surface area (Å²) >= 11 is 11.6. The second kappa shape index (κ2) is 7.94. The quantitative estimate of drug-likeness (QED) is 0.332. The highest BCUT2D eigenvalue weighted by Gasteiger charge is 2.42. The number of halogens is 2. The first kappa shape index (κ1) is 19.4. The van der Waals surface area contributed by atoms with Gasteiger partial charge in [-0.1, -0.05) is 11.6 Å². The van der Waals surface area contributed by atoms with E-state index in [4.69, 9.17) is 48.6 Å². The number of anilines is 1. The number of carbonyl (C=O) groups excluding carboxylic acids is 2. The Morgan fingerprint density at radius 3 is 2.60 bits per heavy atom. The Morgan fingerprint density at radius 2 is 2.00 bits per heavy atom. The van der Waals surface area contributed by atoms with Crippen LogP contribution in [0.25, 0.3) is 0 Å². The number of nitrogens with two attached hydrogens (primary N) is 1. The van der Waals surface area contributed by atoms with Crippen molar-refractivity contribution in [3.05, 3.63) is 16.1 Å². The average Bonchev–Trinajstić information content (AvgIpc) is 2.90. The zero-order valence-electron chi connectivity index (χ0n) is 13.4. The fourth-order valence-electron chi connectivity index (χ4n) is 2.38. The first-order valence-electron chi connectivity index (χ1n) is 7.22. The van der Waals surface area contributed by atoms with Crippen LogP contribution in [0.3, 0.4) is 0 Å². The van der Waals surface area contributed by atoms with Gasteiger partial charge in [-0.25, -0.2) is 9.97 Å². The maximum Gasteiger partial charge on any atom is 0.303 e. The number of carbonyl (C=O) groups is 2. The smallest absolute Gasteiger partial charge is 0.303 e. The maximum absolute atomic E-state index is 11.3. The van der Waals surface area contributed by atoms with Crippen molar-refractivity contribution >= 4 is 46.5 Å². The molecule has 0 amide bonds. The van der Waals surface area contributed by atoms with E-state index >= 15 is 0 Å². The normalized spacial score (nSPS) is 22.5. The van der Waals surface area contributed by atoms with Gasteiger partial charge in [-0.2, -0.15) is 0 Å². The van der Waals surface area contributed by atoms with Crippen LogP contribution in [0.5, 0.6) is 0 Å². The molecule has 11 heteroatoms. The molecule has 136 valence electrons. The number of ether oxygens (including phenoxy) is 3. The van der Waals surface area contributed by atoms with Crippen LogP contribution in [0.4, 0.5) is 5.69 Å². The van der Waals surface area contributed by atoms with E-state index < -0.39 is 30.3 Å². The van der Waals surface area contributed by atoms with Crippen LogP contribution < -0.4 is 5.73 Å². The Bertz CT molecular complexity index is 715. The summed E-state index contributed by atoms with van der Waals surface area (Å²) in [4.78, 5) is 29.9. The highest BCUT2D eigenvalue weighted by molar-refractivity contribution is 6.34. The molecule has 0 saturated carbocycles. The minimum absolute atomic E-state index is 0.0136. The molecular formula is C14H16Cl2N4O5. The molecule has 0 aromatic carbocycles. The second-order valence-electron chi connectivity index (χ2n) is 5.32. The summed E-state index contributed by atoms with van der Waals surface area (Å²) in [6, 6.07) is 0. The Kier molecular flexibility index (Phi) is 6.15. The summed E-state index contributed by atoms with van der Waals surface area (Å²) in [5.41, 5.74) is 5.59. The number of nitrogens with one attached hydrogen (secondary N) is 1. The van der Waals surface area contributed by atoms with Crippen LogP contribution >= 0.6 is 23.2 Å². The lowest BCUT2D eigenvalue weighted by Crippen LogP contribution is -2.35. The lowest BCUT2D eigenvalue weighted by molar-refractivity contribution is -0.147. The molecule has 1 fully saturated rings. The molecule has 3 N–H and O–H groups in total. The van der Waals surface area contributed by atoms with Crippen LogP contribution in [0, 0.1) is 5.41 Å². The topological polar surface area (TPSA) is 137 Å². The van der Waals surface area contributed by atoms with Gasteiger partial charge in [-0.3, -0.25) is 9.59 Å². The van der Waals surface area contributed by atoms with Gasteiger partial charge in [0.1, 0.15) is 24.5 Å². The molecule has 0 aliphatic carbocycles. The lowest BCUT2D eigenvalue weighted by atomic mass is 10.0. The number of esters is 2. The van der Waals surface area contributed by atoms with Gasteiger partial charge in [-0.15, -0.1) is 0 Å². The van der Waals surface area contributed by atoms with Crippen molar-refractivity contribution in [1.29, 1.82) is 5.41 Å². The molecule has 25 heavy (non-hydrogen) atoms. The van der Waals surface area contributed by atoms with Crippen molar-refractivity contribution in [2.45, 2.75) is 38.6 Å². The van der Waals surface area contributed by atoms with Crippen LogP contribution in [-0.2, 0) is 23.8 Å². The van der Waals surface area contributed by atoms with Gasteiger partial charge >= 0.3 is 11.9 Å². The van der Waals surface area contributed by atoms with Crippen molar-refractivity contribution in [2.24, 2.45) is 0 Å². The Balaban J connectivity index is 2.25. The number of hydrogen-bond donors (Lipinski definition) is 2. The van der Waals surface area contributed by atoms with Gasteiger partial charge in [0, 0.05) is 20.3 Å². The molecule has 1 aliphatic heterocycles. The molecule has 1 saturated heterocycles. The van der Waals surface area contributed by atoms with Crippen LogP contribution in [-0.4, -0.2) is 52.5 Å². The molecule has 2 heterocycles. The molecular weight excluding hydrogens is 375 g/mol. The summed E-state index contributed by atoms with van der Waals surface area (Å²) in [7, 11) is 0. The van der Waals surface area contributed by atoms with Crippen LogP contribution in [0.1, 0.15) is 26.0 Å². The van der Waals surface area contributed by atoms with E-state index in [0.29, 0.717) is 0 Å². The standard InChI is InChI=1S/C14H16Cl2N4O5/c1-5(21)23-4-7-3-8(24-6(2)22)12(25-7)9(17)11-10(18)13(15)20-14(16)19-11/h7-8,12,17H,3-4,18H2,1-2H3/t7-,8+,12+/m0/s1. The van der Waals surface area contributed by atoms with E-state index in [9.17, 15) is 9.59 Å². The molecule has 9 nitrogen and oxygen atoms in total. The molecule has 0 spiro atoms. The van der Waals surface area contributed by atoms with Crippen molar-refractivity contribution in [2.75, 3.05) is 12.3 Å². The highest BCUT2D eigenvalue weighted by Crippen LogP contribution is 2.29. The number of hydrogen-bond acceptors (Lipinski definition) is 9. The van der Waals surface area contributed by atoms with Crippen LogP contribution in [0.15, 0.2) is 0 Å². The SMILES string of the molecule is CC(=O)OC[C@@H]1C[C@@H](OC(C)=O)[C@H](C(=N)c2nc(Cl)nc(Cl)c2N)O1. The summed E-state index contributed by atoms with van der Waals surface area (Å²) in [6.45, 7) is 2.48. The summed E-state index contributed by atoms with van der Waals surface area (Å²) in [5, 5.41) is 8.05. The number of aromatic nitrogens is 2. The third kappa shape index (κ3) is 4.77. The minimum Gasteiger partial charge on any atom is -0.463 e. The molecule has 0 bridgehead atoms. The molecule has 1 aromatic heterocycles. The van der Waals surface area contributed by atoms with Crippen LogP contribution in [0.2, 0.25) is 10.4 Å². The van der Waals surface area contributed by atoms with Gasteiger partial charge in [0.2, 0.25) is 5.28 Å². The zero-order chi connectivity index (χ0) is 18.7. The predicted octanol–water partition coefficient (Wildman–Crippen LogP) is 1.39. The van der Waals surface area contributed by atoms with Gasteiger partial charge in [-0.05, 0) is 11.6 Å². The molecule has 3 atom stereocenters. The predicted molar refractivity (Wildman–Crippen MR) is 88.8 cm³/mol. The summed E-state index contributed by atoms with van der Waals surface area (Å²) in [6.07, 6.45) is -2.04. The third-order valence-electron chi connectivity index (χ3n) is 3.37. The lowest BCUT2D eigenvalue weighted by Gasteiger charge is -2.20. The van der Waals surface area contributed by atoms with E-state index in [-0.39, 0.29) is 40.6 Å². The third-order valence-corrected chi connectivity index (χ3v) is 3.83. The van der Waals surface area contributed by atoms with Gasteiger partial charge in [0.25, 0.3) is 0 Å². The highest BCUT2D eigenvalue weighted by atomic mass is 35.5. The first-order chi connectivity index (χ1) is 11.7.